The summed E-state index contributed by atoms with van der Waals surface area (Å²) in [6.07, 6.45) is 6.17. The molecule has 4 fully saturated rings. The van der Waals surface area contributed by atoms with E-state index in [0.29, 0.717) is 24.2 Å². The second-order valence-corrected chi connectivity index (χ2v) is 12.1. The van der Waals surface area contributed by atoms with Crippen molar-refractivity contribution in [1.82, 2.24) is 0 Å². The maximum atomic E-state index is 12.9. The zero-order valence-corrected chi connectivity index (χ0v) is 19.4. The Bertz CT molecular complexity index is 697. The average molecular weight is 471 g/mol. The molecule has 0 radical (unpaired) electrons. The van der Waals surface area contributed by atoms with Gasteiger partial charge in [-0.15, -0.1) is 0 Å². The van der Waals surface area contributed by atoms with Crippen LogP contribution < -0.4 is 0 Å². The van der Waals surface area contributed by atoms with Crippen LogP contribution in [0.2, 0.25) is 0 Å². The van der Waals surface area contributed by atoms with Crippen LogP contribution in [-0.4, -0.2) is 45.1 Å². The number of fused-ring (bicyclic) bond motifs is 5. The fourth-order valence-electron chi connectivity index (χ4n) is 8.02. The Labute approximate surface area is 182 Å². The Morgan fingerprint density at radius 2 is 1.79 bits per heavy atom. The van der Waals surface area contributed by atoms with E-state index in [1.54, 1.807) is 0 Å². The topological polar surface area (TPSA) is 83.8 Å². The zero-order chi connectivity index (χ0) is 21.2. The Morgan fingerprint density at radius 3 is 2.48 bits per heavy atom. The van der Waals surface area contributed by atoms with Crippen molar-refractivity contribution in [3.8, 4) is 0 Å². The summed E-state index contributed by atoms with van der Waals surface area (Å²) in [6.45, 7) is 5.80. The number of Topliss-reactive ketones (excluding diaryl/α,β-unsaturated/α-hetero) is 1. The van der Waals surface area contributed by atoms with Gasteiger partial charge in [-0.2, -0.15) is 0 Å². The smallest absolute Gasteiger partial charge is 0.303 e. The summed E-state index contributed by atoms with van der Waals surface area (Å²) < 4.78 is 4.60. The summed E-state index contributed by atoms with van der Waals surface area (Å²) in [6, 6.07) is 0. The third-order valence-electron chi connectivity index (χ3n) is 9.56. The summed E-state index contributed by atoms with van der Waals surface area (Å²) in [5.74, 6) is 0.920. The molecule has 4 saturated carbocycles. The molecule has 164 valence electrons. The van der Waals surface area contributed by atoms with E-state index in [9.17, 15) is 19.8 Å². The Hall–Kier alpha value is -0.460. The predicted molar refractivity (Wildman–Crippen MR) is 112 cm³/mol. The highest BCUT2D eigenvalue weighted by Gasteiger charge is 2.67. The largest absolute Gasteiger partial charge is 0.458 e. The van der Waals surface area contributed by atoms with Gasteiger partial charge in [-0.1, -0.05) is 29.8 Å². The number of ketones is 1. The summed E-state index contributed by atoms with van der Waals surface area (Å²) in [7, 11) is 0. The maximum absolute atomic E-state index is 12.9. The zero-order valence-electron chi connectivity index (χ0n) is 17.8. The molecule has 4 rings (SSSR count). The van der Waals surface area contributed by atoms with Crippen molar-refractivity contribution in [1.29, 1.82) is 0 Å². The van der Waals surface area contributed by atoms with Gasteiger partial charge in [0.05, 0.1) is 16.5 Å². The van der Waals surface area contributed by atoms with Gasteiger partial charge in [0, 0.05) is 12.8 Å². The van der Waals surface area contributed by atoms with E-state index in [0.717, 1.165) is 44.9 Å². The molecule has 0 aliphatic heterocycles. The molecular weight excluding hydrogens is 436 g/mol. The van der Waals surface area contributed by atoms with Crippen LogP contribution in [0.4, 0.5) is 0 Å². The predicted octanol–water partition coefficient (Wildman–Crippen LogP) is 3.63. The van der Waals surface area contributed by atoms with Crippen molar-refractivity contribution in [2.45, 2.75) is 88.7 Å². The number of hydrogen-bond acceptors (Lipinski definition) is 5. The fraction of sp³-hybridized carbons (Fsp3) is 0.913. The number of aliphatic hydroxyl groups excluding tert-OH is 2. The maximum Gasteiger partial charge on any atom is 0.303 e. The first-order chi connectivity index (χ1) is 13.5. The average Bonchev–Trinajstić information content (AvgIpc) is 3.00. The first-order valence-corrected chi connectivity index (χ1v) is 12.0. The van der Waals surface area contributed by atoms with Crippen molar-refractivity contribution < 1.29 is 24.5 Å². The van der Waals surface area contributed by atoms with Crippen molar-refractivity contribution in [2.24, 2.45) is 34.5 Å². The third kappa shape index (κ3) is 3.15. The first-order valence-electron chi connectivity index (χ1n) is 11.2. The van der Waals surface area contributed by atoms with E-state index in [1.807, 2.05) is 0 Å². The second-order valence-electron chi connectivity index (χ2n) is 10.7. The van der Waals surface area contributed by atoms with E-state index < -0.39 is 16.4 Å². The molecule has 0 saturated heterocycles. The van der Waals surface area contributed by atoms with Gasteiger partial charge in [-0.25, -0.2) is 0 Å². The van der Waals surface area contributed by atoms with Crippen LogP contribution in [-0.2, 0) is 14.3 Å². The molecule has 0 amide bonds. The lowest BCUT2D eigenvalue weighted by Crippen LogP contribution is -2.65. The van der Waals surface area contributed by atoms with Crippen LogP contribution in [0.5, 0.6) is 0 Å². The van der Waals surface area contributed by atoms with E-state index in [-0.39, 0.29) is 35.2 Å². The summed E-state index contributed by atoms with van der Waals surface area (Å²) in [5, 5.41) is 21.5. The summed E-state index contributed by atoms with van der Waals surface area (Å²) in [4.78, 5) is 24.0. The minimum Gasteiger partial charge on any atom is -0.458 e. The quantitative estimate of drug-likeness (QED) is 0.485. The van der Waals surface area contributed by atoms with Crippen LogP contribution in [0.1, 0.15) is 72.1 Å². The lowest BCUT2D eigenvalue weighted by Gasteiger charge is -2.65. The number of rotatable bonds is 3. The highest BCUT2D eigenvalue weighted by molar-refractivity contribution is 9.10. The van der Waals surface area contributed by atoms with Gasteiger partial charge in [0.15, 0.2) is 5.78 Å². The highest BCUT2D eigenvalue weighted by Crippen LogP contribution is 2.70. The van der Waals surface area contributed by atoms with Crippen molar-refractivity contribution >= 4 is 27.7 Å². The van der Waals surface area contributed by atoms with Crippen molar-refractivity contribution in [2.75, 3.05) is 6.61 Å². The molecule has 2 N–H and O–H groups in total. The van der Waals surface area contributed by atoms with Crippen molar-refractivity contribution in [3.63, 3.8) is 0 Å². The van der Waals surface area contributed by atoms with Crippen molar-refractivity contribution in [3.05, 3.63) is 0 Å². The van der Waals surface area contributed by atoms with E-state index in [1.165, 1.54) is 6.92 Å². The lowest BCUT2D eigenvalue weighted by molar-refractivity contribution is -0.159. The first kappa shape index (κ1) is 21.8. The van der Waals surface area contributed by atoms with Gasteiger partial charge in [-0.05, 0) is 80.0 Å². The number of aliphatic hydroxyl groups is 2. The summed E-state index contributed by atoms with van der Waals surface area (Å²) >= 11 is 3.94. The number of esters is 1. The van der Waals surface area contributed by atoms with Gasteiger partial charge in [-0.3, -0.25) is 9.59 Å². The third-order valence-corrected chi connectivity index (χ3v) is 11.3. The Morgan fingerprint density at radius 1 is 1.07 bits per heavy atom. The highest BCUT2D eigenvalue weighted by atomic mass is 79.9. The van der Waals surface area contributed by atoms with E-state index in [2.05, 4.69) is 29.8 Å². The standard InChI is InChI=1S/C23H35BrO5/c1-13(25)29-12-19(27)18-5-4-16-15-10-20(28)23(24)11-14(26)6-9-22(23,3)17(15)7-8-21(16,18)2/h14-18,20,26,28H,4-12H2,1-3H3/t14?,15?,16?,17?,18-,20-,21+,22-,23+/m1/s1. The number of alkyl halides is 1. The number of carbonyl (C=O) groups is 2. The number of carbonyl (C=O) groups excluding carboxylic acids is 2. The molecule has 6 heteroatoms. The molecule has 5 nitrogen and oxygen atoms in total. The minimum atomic E-state index is -0.484. The van der Waals surface area contributed by atoms with Crippen LogP contribution in [0.15, 0.2) is 0 Å². The lowest BCUT2D eigenvalue weighted by atomic mass is 9.44. The number of halogens is 1. The molecule has 0 bridgehead atoms. The Kier molecular flexibility index (Phi) is 5.48. The molecular formula is C23H35BrO5. The molecule has 9 atom stereocenters. The van der Waals surface area contributed by atoms with Gasteiger partial charge in [0.1, 0.15) is 6.61 Å². The van der Waals surface area contributed by atoms with Crippen LogP contribution >= 0.6 is 15.9 Å². The monoisotopic (exact) mass is 470 g/mol. The van der Waals surface area contributed by atoms with Gasteiger partial charge < -0.3 is 14.9 Å². The molecule has 0 aromatic heterocycles. The van der Waals surface area contributed by atoms with Crippen LogP contribution in [0, 0.1) is 34.5 Å². The minimum absolute atomic E-state index is 0.0459. The van der Waals surface area contributed by atoms with Gasteiger partial charge in [0.2, 0.25) is 0 Å². The number of ether oxygens (including phenoxy) is 1. The molecule has 0 aromatic rings. The molecule has 0 spiro atoms. The van der Waals surface area contributed by atoms with Crippen LogP contribution in [0.3, 0.4) is 0 Å². The fourth-order valence-corrected chi connectivity index (χ4v) is 9.07. The molecule has 0 aromatic carbocycles. The molecule has 4 aliphatic rings. The van der Waals surface area contributed by atoms with E-state index >= 15 is 0 Å². The molecule has 29 heavy (non-hydrogen) atoms. The van der Waals surface area contributed by atoms with Gasteiger partial charge in [0.25, 0.3) is 0 Å². The Balaban J connectivity index is 1.59. The van der Waals surface area contributed by atoms with Crippen LogP contribution in [0.25, 0.3) is 0 Å². The summed E-state index contributed by atoms with van der Waals surface area (Å²) in [5.41, 5.74) is -0.120. The SMILES string of the molecule is CC(=O)OCC(=O)[C@H]1CCC2C3C[C@@H](O)[C@@]4(Br)CC(O)CC[C@]4(C)C3CC[C@@]21C. The number of hydrogen-bond donors (Lipinski definition) is 2. The van der Waals surface area contributed by atoms with Gasteiger partial charge >= 0.3 is 5.97 Å². The normalized spacial score (nSPS) is 51.5. The second kappa shape index (κ2) is 7.30. The molecule has 4 aliphatic carbocycles. The van der Waals surface area contributed by atoms with E-state index in [4.69, 9.17) is 4.74 Å². The molecule has 4 unspecified atom stereocenters. The molecule has 0 heterocycles.